The highest BCUT2D eigenvalue weighted by Crippen LogP contribution is 2.14. The van der Waals surface area contributed by atoms with Crippen LogP contribution in [0.4, 0.5) is 18.9 Å². The molecule has 0 aromatic carbocycles. The maximum absolute atomic E-state index is 11.8. The Bertz CT molecular complexity index is 459. The number of aromatic nitrogens is 1. The summed E-state index contributed by atoms with van der Waals surface area (Å²) in [6.07, 6.45) is -2.58. The van der Waals surface area contributed by atoms with Crippen LogP contribution in [-0.4, -0.2) is 24.0 Å². The molecule has 0 saturated carbocycles. The minimum absolute atomic E-state index is 0.0711. The Kier molecular flexibility index (Phi) is 5.21. The third-order valence-corrected chi connectivity index (χ3v) is 2.58. The second kappa shape index (κ2) is 6.24. The molecule has 1 heterocycles. The SMILES string of the molecule is Nc1cc(Br)c(=O)n(CCCOCC(F)(F)F)c1. The molecule has 0 atom stereocenters. The van der Waals surface area contributed by atoms with Gasteiger partial charge in [0.1, 0.15) is 6.61 Å². The van der Waals surface area contributed by atoms with E-state index in [1.807, 2.05) is 0 Å². The summed E-state index contributed by atoms with van der Waals surface area (Å²) in [4.78, 5) is 11.6. The highest BCUT2D eigenvalue weighted by atomic mass is 79.9. The zero-order chi connectivity index (χ0) is 13.8. The van der Waals surface area contributed by atoms with Crippen LogP contribution in [0.25, 0.3) is 0 Å². The van der Waals surface area contributed by atoms with Gasteiger partial charge in [-0.15, -0.1) is 0 Å². The minimum atomic E-state index is -4.32. The average molecular weight is 329 g/mol. The predicted octanol–water partition coefficient (Wildman–Crippen LogP) is 2.16. The highest BCUT2D eigenvalue weighted by Gasteiger charge is 2.27. The molecule has 0 radical (unpaired) electrons. The number of nitrogen functional groups attached to an aromatic ring is 1. The van der Waals surface area contributed by atoms with Gasteiger partial charge < -0.3 is 15.0 Å². The number of halogens is 4. The van der Waals surface area contributed by atoms with Crippen molar-refractivity contribution in [3.63, 3.8) is 0 Å². The largest absolute Gasteiger partial charge is 0.411 e. The number of hydrogen-bond donors (Lipinski definition) is 1. The Labute approximate surface area is 110 Å². The van der Waals surface area contributed by atoms with Gasteiger partial charge in [-0.25, -0.2) is 0 Å². The van der Waals surface area contributed by atoms with E-state index in [0.717, 1.165) is 0 Å². The molecule has 8 heteroatoms. The number of alkyl halides is 3. The summed E-state index contributed by atoms with van der Waals surface area (Å²) in [5.74, 6) is 0. The Morgan fingerprint density at radius 1 is 1.44 bits per heavy atom. The smallest absolute Gasteiger partial charge is 0.398 e. The molecule has 1 aromatic heterocycles. The first-order chi connectivity index (χ1) is 8.29. The Morgan fingerprint density at radius 3 is 2.72 bits per heavy atom. The van der Waals surface area contributed by atoms with E-state index in [1.165, 1.54) is 16.8 Å². The van der Waals surface area contributed by atoms with Crippen LogP contribution in [0.3, 0.4) is 0 Å². The topological polar surface area (TPSA) is 57.2 Å². The standard InChI is InChI=1S/C10H12BrF3N2O2/c11-8-4-7(15)5-16(9(8)17)2-1-3-18-6-10(12,13)14/h4-5H,1-3,6,15H2. The molecule has 0 aliphatic heterocycles. The number of anilines is 1. The lowest BCUT2D eigenvalue weighted by Gasteiger charge is -2.09. The molecule has 102 valence electrons. The molecule has 0 saturated heterocycles. The molecule has 0 amide bonds. The molecule has 0 unspecified atom stereocenters. The van der Waals surface area contributed by atoms with Crippen LogP contribution in [0.15, 0.2) is 21.5 Å². The van der Waals surface area contributed by atoms with Gasteiger partial charge in [0.2, 0.25) is 0 Å². The van der Waals surface area contributed by atoms with Crippen molar-refractivity contribution in [2.24, 2.45) is 0 Å². The highest BCUT2D eigenvalue weighted by molar-refractivity contribution is 9.10. The van der Waals surface area contributed by atoms with E-state index < -0.39 is 12.8 Å². The lowest BCUT2D eigenvalue weighted by molar-refractivity contribution is -0.174. The van der Waals surface area contributed by atoms with Crippen LogP contribution in [0, 0.1) is 0 Å². The van der Waals surface area contributed by atoms with E-state index in [0.29, 0.717) is 16.6 Å². The van der Waals surface area contributed by atoms with Gasteiger partial charge in [0.25, 0.3) is 5.56 Å². The van der Waals surface area contributed by atoms with E-state index in [9.17, 15) is 18.0 Å². The molecule has 0 bridgehead atoms. The van der Waals surface area contributed by atoms with Gasteiger partial charge in [-0.2, -0.15) is 13.2 Å². The van der Waals surface area contributed by atoms with Gasteiger partial charge in [-0.05, 0) is 28.4 Å². The van der Waals surface area contributed by atoms with Crippen molar-refractivity contribution in [1.82, 2.24) is 4.57 Å². The summed E-state index contributed by atoms with van der Waals surface area (Å²) in [5.41, 5.74) is 5.67. The summed E-state index contributed by atoms with van der Waals surface area (Å²) in [5, 5.41) is 0. The molecule has 1 rings (SSSR count). The first-order valence-electron chi connectivity index (χ1n) is 5.09. The van der Waals surface area contributed by atoms with Crippen molar-refractivity contribution in [1.29, 1.82) is 0 Å². The van der Waals surface area contributed by atoms with Crippen molar-refractivity contribution < 1.29 is 17.9 Å². The Balaban J connectivity index is 2.43. The number of nitrogens with two attached hydrogens (primary N) is 1. The number of hydrogen-bond acceptors (Lipinski definition) is 3. The fourth-order valence-electron chi connectivity index (χ4n) is 1.31. The van der Waals surface area contributed by atoms with Crippen molar-refractivity contribution in [2.75, 3.05) is 18.9 Å². The van der Waals surface area contributed by atoms with E-state index >= 15 is 0 Å². The average Bonchev–Trinajstić information content (AvgIpc) is 2.22. The molecule has 1 aromatic rings. The first-order valence-corrected chi connectivity index (χ1v) is 5.89. The maximum Gasteiger partial charge on any atom is 0.411 e. The van der Waals surface area contributed by atoms with Crippen molar-refractivity contribution in [2.45, 2.75) is 19.1 Å². The number of ether oxygens (including phenoxy) is 1. The molecule has 0 fully saturated rings. The van der Waals surface area contributed by atoms with Gasteiger partial charge in [-0.1, -0.05) is 0 Å². The molecular weight excluding hydrogens is 317 g/mol. The quantitative estimate of drug-likeness (QED) is 0.843. The lowest BCUT2D eigenvalue weighted by Crippen LogP contribution is -2.22. The molecule has 0 aliphatic carbocycles. The van der Waals surface area contributed by atoms with Gasteiger partial charge in [-0.3, -0.25) is 4.79 Å². The van der Waals surface area contributed by atoms with Crippen LogP contribution >= 0.6 is 15.9 Å². The van der Waals surface area contributed by atoms with E-state index in [4.69, 9.17) is 5.73 Å². The van der Waals surface area contributed by atoms with Crippen LogP contribution in [-0.2, 0) is 11.3 Å². The normalized spacial score (nSPS) is 11.8. The second-order valence-corrected chi connectivity index (χ2v) is 4.50. The fourth-order valence-corrected chi connectivity index (χ4v) is 1.80. The predicted molar refractivity (Wildman–Crippen MR) is 64.3 cm³/mol. The van der Waals surface area contributed by atoms with Gasteiger partial charge in [0, 0.05) is 25.0 Å². The number of aryl methyl sites for hydroxylation is 1. The Morgan fingerprint density at radius 2 is 2.11 bits per heavy atom. The molecule has 0 aliphatic rings. The monoisotopic (exact) mass is 328 g/mol. The number of pyridine rings is 1. The van der Waals surface area contributed by atoms with Crippen molar-refractivity contribution in [3.8, 4) is 0 Å². The second-order valence-electron chi connectivity index (χ2n) is 3.64. The van der Waals surface area contributed by atoms with E-state index in [-0.39, 0.29) is 18.7 Å². The van der Waals surface area contributed by atoms with E-state index in [2.05, 4.69) is 20.7 Å². The van der Waals surface area contributed by atoms with Crippen molar-refractivity contribution >= 4 is 21.6 Å². The number of rotatable bonds is 5. The third kappa shape index (κ3) is 5.09. The first kappa shape index (κ1) is 15.0. The summed E-state index contributed by atoms with van der Waals surface area (Å²) in [6.45, 7) is -1.10. The molecule has 18 heavy (non-hydrogen) atoms. The van der Waals surface area contributed by atoms with Crippen LogP contribution < -0.4 is 11.3 Å². The summed E-state index contributed by atoms with van der Waals surface area (Å²) in [6, 6.07) is 1.47. The Hall–Kier alpha value is -1.02. The van der Waals surface area contributed by atoms with Crippen molar-refractivity contribution in [3.05, 3.63) is 27.1 Å². The zero-order valence-electron chi connectivity index (χ0n) is 9.34. The van der Waals surface area contributed by atoms with Crippen LogP contribution in [0.1, 0.15) is 6.42 Å². The molecule has 0 spiro atoms. The van der Waals surface area contributed by atoms with Crippen LogP contribution in [0.5, 0.6) is 0 Å². The van der Waals surface area contributed by atoms with Crippen LogP contribution in [0.2, 0.25) is 0 Å². The molecular formula is C10H12BrF3N2O2. The van der Waals surface area contributed by atoms with Gasteiger partial charge >= 0.3 is 6.18 Å². The summed E-state index contributed by atoms with van der Waals surface area (Å²) < 4.78 is 41.4. The molecule has 2 N–H and O–H groups in total. The van der Waals surface area contributed by atoms with Gasteiger partial charge in [0.15, 0.2) is 0 Å². The maximum atomic E-state index is 11.8. The number of nitrogens with zero attached hydrogens (tertiary/aromatic N) is 1. The summed E-state index contributed by atoms with van der Waals surface area (Å²) >= 11 is 3.05. The fraction of sp³-hybridized carbons (Fsp3) is 0.500. The zero-order valence-corrected chi connectivity index (χ0v) is 10.9. The summed E-state index contributed by atoms with van der Waals surface area (Å²) in [7, 11) is 0. The third-order valence-electron chi connectivity index (χ3n) is 2.02. The minimum Gasteiger partial charge on any atom is -0.398 e. The molecule has 4 nitrogen and oxygen atoms in total. The van der Waals surface area contributed by atoms with E-state index in [1.54, 1.807) is 0 Å². The lowest BCUT2D eigenvalue weighted by atomic mass is 10.4. The van der Waals surface area contributed by atoms with Gasteiger partial charge in [0.05, 0.1) is 4.47 Å².